The number of carbonyl (C=O) groups excluding carboxylic acids is 3. The summed E-state index contributed by atoms with van der Waals surface area (Å²) in [5.74, 6) is -0.814. The lowest BCUT2D eigenvalue weighted by Crippen LogP contribution is -2.36. The normalized spacial score (nSPS) is 17.2. The van der Waals surface area contributed by atoms with Crippen molar-refractivity contribution in [1.82, 2.24) is 9.47 Å². The summed E-state index contributed by atoms with van der Waals surface area (Å²) < 4.78 is 7.21. The van der Waals surface area contributed by atoms with Gasteiger partial charge < -0.3 is 24.6 Å². The second-order valence-corrected chi connectivity index (χ2v) is 9.27. The fraction of sp³-hybridized carbons (Fsp3) is 0.192. The van der Waals surface area contributed by atoms with Crippen LogP contribution in [0.2, 0.25) is 0 Å². The number of hydrogen-bond donors (Lipinski definition) is 2. The molecule has 3 amide bonds. The minimum atomic E-state index is -0.513. The van der Waals surface area contributed by atoms with Crippen molar-refractivity contribution >= 4 is 46.3 Å². The van der Waals surface area contributed by atoms with Gasteiger partial charge in [0.15, 0.2) is 0 Å². The number of anilines is 2. The van der Waals surface area contributed by atoms with Crippen LogP contribution in [0.3, 0.4) is 0 Å². The summed E-state index contributed by atoms with van der Waals surface area (Å²) in [6.07, 6.45) is 3.44. The summed E-state index contributed by atoms with van der Waals surface area (Å²) in [5, 5.41) is 11.8. The first kappa shape index (κ1) is 23.7. The number of nitrogens with one attached hydrogen (secondary N) is 1. The second kappa shape index (κ2) is 10.3. The molecule has 0 unspecified atom stereocenters. The Kier molecular flexibility index (Phi) is 6.79. The van der Waals surface area contributed by atoms with E-state index in [-0.39, 0.29) is 17.2 Å². The first-order chi connectivity index (χ1) is 17.5. The molecule has 2 aliphatic rings. The lowest BCUT2D eigenvalue weighted by molar-refractivity contribution is -0.127. The number of aromatic nitrogens is 1. The van der Waals surface area contributed by atoms with Crippen molar-refractivity contribution in [3.05, 3.63) is 77.5 Å². The molecule has 0 atom stereocenters. The molecule has 0 bridgehead atoms. The van der Waals surface area contributed by atoms with Crippen LogP contribution in [0.15, 0.2) is 71.8 Å². The third-order valence-corrected chi connectivity index (χ3v) is 6.80. The van der Waals surface area contributed by atoms with Crippen LogP contribution in [-0.2, 0) is 14.3 Å². The minimum Gasteiger partial charge on any atom is -0.508 e. The average Bonchev–Trinajstić information content (AvgIpc) is 3.45. The van der Waals surface area contributed by atoms with E-state index in [2.05, 4.69) is 10.2 Å². The Labute approximate surface area is 211 Å². The van der Waals surface area contributed by atoms with Crippen LogP contribution in [0.1, 0.15) is 5.69 Å². The maximum absolute atomic E-state index is 12.9. The van der Waals surface area contributed by atoms with Gasteiger partial charge in [-0.3, -0.25) is 19.3 Å². The number of morpholine rings is 1. The summed E-state index contributed by atoms with van der Waals surface area (Å²) in [6.45, 7) is 2.64. The van der Waals surface area contributed by atoms with Gasteiger partial charge in [0.1, 0.15) is 12.3 Å². The fourth-order valence-electron chi connectivity index (χ4n) is 4.05. The Morgan fingerprint density at radius 2 is 1.69 bits per heavy atom. The van der Waals surface area contributed by atoms with Gasteiger partial charge in [0, 0.05) is 42.0 Å². The van der Waals surface area contributed by atoms with Gasteiger partial charge in [-0.15, -0.1) is 0 Å². The number of imide groups is 1. The molecule has 36 heavy (non-hydrogen) atoms. The number of amides is 3. The monoisotopic (exact) mass is 504 g/mol. The van der Waals surface area contributed by atoms with Gasteiger partial charge in [-0.05, 0) is 78.5 Å². The molecule has 2 saturated heterocycles. The third kappa shape index (κ3) is 5.14. The molecule has 2 N–H and O–H groups in total. The molecule has 184 valence electrons. The lowest BCUT2D eigenvalue weighted by atomic mass is 10.2. The molecule has 5 rings (SSSR count). The Balaban J connectivity index is 1.23. The number of ether oxygens (including phenoxy) is 1. The van der Waals surface area contributed by atoms with E-state index in [1.54, 1.807) is 42.5 Å². The molecule has 0 saturated carbocycles. The molecular weight excluding hydrogens is 480 g/mol. The fourth-order valence-corrected chi connectivity index (χ4v) is 4.87. The van der Waals surface area contributed by atoms with Crippen molar-refractivity contribution in [2.75, 3.05) is 43.1 Å². The van der Waals surface area contributed by atoms with Crippen molar-refractivity contribution in [1.29, 1.82) is 0 Å². The number of nitrogens with zero attached hydrogens (tertiary/aromatic N) is 3. The Morgan fingerprint density at radius 3 is 2.42 bits per heavy atom. The zero-order chi connectivity index (χ0) is 25.1. The standard InChI is InChI=1S/C26H24N4O5S/c31-22-9-7-20(8-10-22)29-11-1-2-21(29)16-23-25(33)30(26(34)36-23)17-24(32)27-18-3-5-19(6-4-18)28-12-14-35-15-13-28/h1-11,16,31H,12-15,17H2,(H,27,32)/b23-16-. The summed E-state index contributed by atoms with van der Waals surface area (Å²) >= 11 is 0.802. The molecule has 2 fully saturated rings. The topological polar surface area (TPSA) is 104 Å². The summed E-state index contributed by atoms with van der Waals surface area (Å²) in [7, 11) is 0. The smallest absolute Gasteiger partial charge is 0.294 e. The SMILES string of the molecule is O=C(CN1C(=O)S/C(=C\c2cccn2-c2ccc(O)cc2)C1=O)Nc1ccc(N2CCOCC2)cc1. The van der Waals surface area contributed by atoms with E-state index in [0.717, 1.165) is 41.1 Å². The number of aromatic hydroxyl groups is 1. The molecule has 10 heteroatoms. The van der Waals surface area contributed by atoms with Gasteiger partial charge in [0.05, 0.1) is 18.1 Å². The Morgan fingerprint density at radius 1 is 1.00 bits per heavy atom. The maximum atomic E-state index is 12.9. The summed E-state index contributed by atoms with van der Waals surface area (Å²) in [6, 6.07) is 17.7. The molecule has 2 aromatic carbocycles. The molecule has 1 aromatic heterocycles. The highest BCUT2D eigenvalue weighted by Crippen LogP contribution is 2.32. The van der Waals surface area contributed by atoms with Crippen molar-refractivity contribution in [3.8, 4) is 11.4 Å². The molecule has 3 aromatic rings. The van der Waals surface area contributed by atoms with Crippen LogP contribution in [0, 0.1) is 0 Å². The van der Waals surface area contributed by atoms with E-state index in [4.69, 9.17) is 4.74 Å². The summed E-state index contributed by atoms with van der Waals surface area (Å²) in [4.78, 5) is 41.4. The molecule has 0 radical (unpaired) electrons. The van der Waals surface area contributed by atoms with Gasteiger partial charge in [-0.25, -0.2) is 0 Å². The molecule has 9 nitrogen and oxygen atoms in total. The van der Waals surface area contributed by atoms with Crippen LogP contribution in [-0.4, -0.2) is 64.5 Å². The molecule has 0 spiro atoms. The van der Waals surface area contributed by atoms with Crippen molar-refractivity contribution in [2.24, 2.45) is 0 Å². The quantitative estimate of drug-likeness (QED) is 0.494. The van der Waals surface area contributed by atoms with E-state index >= 15 is 0 Å². The third-order valence-electron chi connectivity index (χ3n) is 5.89. The van der Waals surface area contributed by atoms with Crippen LogP contribution in [0.5, 0.6) is 5.75 Å². The summed E-state index contributed by atoms with van der Waals surface area (Å²) in [5.41, 5.74) is 3.12. The number of phenolic OH excluding ortho intramolecular Hbond substituents is 1. The number of benzene rings is 2. The first-order valence-electron chi connectivity index (χ1n) is 11.4. The minimum absolute atomic E-state index is 0.153. The number of carbonyl (C=O) groups is 3. The van der Waals surface area contributed by atoms with Crippen LogP contribution in [0.4, 0.5) is 16.2 Å². The highest BCUT2D eigenvalue weighted by Gasteiger charge is 2.36. The maximum Gasteiger partial charge on any atom is 0.294 e. The molecule has 0 aliphatic carbocycles. The number of hydrogen-bond acceptors (Lipinski definition) is 7. The van der Waals surface area contributed by atoms with Crippen LogP contribution < -0.4 is 10.2 Å². The molecular formula is C26H24N4O5S. The van der Waals surface area contributed by atoms with E-state index in [1.807, 2.05) is 35.0 Å². The highest BCUT2D eigenvalue weighted by molar-refractivity contribution is 8.18. The predicted octanol–water partition coefficient (Wildman–Crippen LogP) is 3.69. The van der Waals surface area contributed by atoms with E-state index in [1.165, 1.54) is 0 Å². The van der Waals surface area contributed by atoms with Crippen molar-refractivity contribution in [2.45, 2.75) is 0 Å². The number of rotatable bonds is 6. The average molecular weight is 505 g/mol. The Hall–Kier alpha value is -4.02. The predicted molar refractivity (Wildman–Crippen MR) is 138 cm³/mol. The Bertz CT molecular complexity index is 1310. The highest BCUT2D eigenvalue weighted by atomic mass is 32.2. The van der Waals surface area contributed by atoms with Crippen LogP contribution >= 0.6 is 11.8 Å². The number of thioether (sulfide) groups is 1. The zero-order valence-corrected chi connectivity index (χ0v) is 20.1. The molecule has 2 aliphatic heterocycles. The van der Waals surface area contributed by atoms with Gasteiger partial charge in [-0.1, -0.05) is 0 Å². The van der Waals surface area contributed by atoms with E-state index in [9.17, 15) is 19.5 Å². The van der Waals surface area contributed by atoms with Gasteiger partial charge in [-0.2, -0.15) is 0 Å². The zero-order valence-electron chi connectivity index (χ0n) is 19.3. The van der Waals surface area contributed by atoms with E-state index < -0.39 is 17.1 Å². The molecule has 3 heterocycles. The second-order valence-electron chi connectivity index (χ2n) is 8.28. The van der Waals surface area contributed by atoms with Gasteiger partial charge in [0.2, 0.25) is 5.91 Å². The van der Waals surface area contributed by atoms with Crippen LogP contribution in [0.25, 0.3) is 11.8 Å². The largest absolute Gasteiger partial charge is 0.508 e. The van der Waals surface area contributed by atoms with Crippen molar-refractivity contribution in [3.63, 3.8) is 0 Å². The van der Waals surface area contributed by atoms with Crippen molar-refractivity contribution < 1.29 is 24.2 Å². The van der Waals surface area contributed by atoms with E-state index in [0.29, 0.717) is 24.6 Å². The van der Waals surface area contributed by atoms with Gasteiger partial charge >= 0.3 is 0 Å². The first-order valence-corrected chi connectivity index (χ1v) is 12.2. The lowest BCUT2D eigenvalue weighted by Gasteiger charge is -2.28. The van der Waals surface area contributed by atoms with Gasteiger partial charge in [0.25, 0.3) is 11.1 Å². The number of phenols is 1.